The third kappa shape index (κ3) is 6.47. The van der Waals surface area contributed by atoms with Gasteiger partial charge >= 0.3 is 0 Å². The number of hydrogen-bond donors (Lipinski definition) is 1. The molecule has 0 bridgehead atoms. The highest BCUT2D eigenvalue weighted by atomic mass is 35.5. The van der Waals surface area contributed by atoms with Crippen molar-refractivity contribution in [1.82, 2.24) is 15.1 Å². The minimum absolute atomic E-state index is 0.00573. The van der Waals surface area contributed by atoms with Crippen LogP contribution >= 0.6 is 11.6 Å². The van der Waals surface area contributed by atoms with Crippen molar-refractivity contribution in [1.29, 1.82) is 0 Å². The van der Waals surface area contributed by atoms with Gasteiger partial charge in [-0.25, -0.2) is 0 Å². The highest BCUT2D eigenvalue weighted by molar-refractivity contribution is 6.31. The molecule has 2 aliphatic rings. The third-order valence-corrected chi connectivity index (χ3v) is 6.96. The van der Waals surface area contributed by atoms with E-state index in [1.807, 2.05) is 65.6 Å². The lowest BCUT2D eigenvalue weighted by Crippen LogP contribution is -2.46. The monoisotopic (exact) mass is 481 g/mol. The maximum atomic E-state index is 13.0. The number of rotatable bonds is 7. The van der Waals surface area contributed by atoms with E-state index in [4.69, 9.17) is 16.3 Å². The van der Waals surface area contributed by atoms with Gasteiger partial charge in [-0.1, -0.05) is 60.1 Å². The van der Waals surface area contributed by atoms with Gasteiger partial charge in [0.05, 0.1) is 19.3 Å². The maximum absolute atomic E-state index is 13.0. The molecular weight excluding hydrogens is 450 g/mol. The van der Waals surface area contributed by atoms with Crippen molar-refractivity contribution < 1.29 is 14.3 Å². The second kappa shape index (κ2) is 12.2. The molecule has 180 valence electrons. The Morgan fingerprint density at radius 2 is 1.68 bits per heavy atom. The number of carbonyl (C=O) groups is 2. The molecule has 2 heterocycles. The topological polar surface area (TPSA) is 61.9 Å². The predicted octanol–water partition coefficient (Wildman–Crippen LogP) is 3.78. The highest BCUT2D eigenvalue weighted by Gasteiger charge is 2.29. The number of piperidine rings is 1. The zero-order valence-electron chi connectivity index (χ0n) is 19.4. The molecule has 2 saturated heterocycles. The van der Waals surface area contributed by atoms with Gasteiger partial charge in [-0.3, -0.25) is 14.5 Å². The van der Waals surface area contributed by atoms with Crippen molar-refractivity contribution in [2.24, 2.45) is 5.92 Å². The second-order valence-electron chi connectivity index (χ2n) is 8.77. The average molecular weight is 482 g/mol. The summed E-state index contributed by atoms with van der Waals surface area (Å²) in [5.41, 5.74) is 2.02. The molecule has 0 saturated carbocycles. The summed E-state index contributed by atoms with van der Waals surface area (Å²) >= 11 is 6.50. The summed E-state index contributed by atoms with van der Waals surface area (Å²) in [5, 5.41) is 3.88. The fourth-order valence-electron chi connectivity index (χ4n) is 4.61. The zero-order chi connectivity index (χ0) is 23.8. The summed E-state index contributed by atoms with van der Waals surface area (Å²) in [6, 6.07) is 17.6. The van der Waals surface area contributed by atoms with Gasteiger partial charge in [-0.15, -0.1) is 0 Å². The first-order chi connectivity index (χ1) is 16.6. The van der Waals surface area contributed by atoms with Crippen molar-refractivity contribution in [3.63, 3.8) is 0 Å². The van der Waals surface area contributed by atoms with E-state index in [0.29, 0.717) is 50.7 Å². The van der Waals surface area contributed by atoms with Gasteiger partial charge < -0.3 is 15.0 Å². The summed E-state index contributed by atoms with van der Waals surface area (Å²) in [5.74, 6) is -0.0372. The standard InChI is InChI=1S/C27H32ClN3O3/c28-24-9-5-4-8-23(24)25(30-16-18-34-19-17-30)20-29-27(33)22-12-14-31(15-13-22)26(32)11-10-21-6-2-1-3-7-21/h1-11,22,25H,12-20H2,(H,29,33)/b11-10+. The average Bonchev–Trinajstić information content (AvgIpc) is 2.89. The van der Waals surface area contributed by atoms with Crippen LogP contribution in [0.4, 0.5) is 0 Å². The third-order valence-electron chi connectivity index (χ3n) is 6.62. The molecule has 0 aliphatic carbocycles. The number of amides is 2. The number of hydrogen-bond acceptors (Lipinski definition) is 4. The molecule has 2 fully saturated rings. The van der Waals surface area contributed by atoms with Crippen molar-refractivity contribution >= 4 is 29.5 Å². The van der Waals surface area contributed by atoms with Crippen LogP contribution in [-0.4, -0.2) is 67.6 Å². The van der Waals surface area contributed by atoms with Gasteiger partial charge in [0.1, 0.15) is 0 Å². The van der Waals surface area contributed by atoms with E-state index >= 15 is 0 Å². The first-order valence-corrected chi connectivity index (χ1v) is 12.4. The molecule has 34 heavy (non-hydrogen) atoms. The quantitative estimate of drug-likeness (QED) is 0.611. The van der Waals surface area contributed by atoms with E-state index in [0.717, 1.165) is 24.2 Å². The largest absolute Gasteiger partial charge is 0.379 e. The van der Waals surface area contributed by atoms with E-state index in [1.54, 1.807) is 6.08 Å². The van der Waals surface area contributed by atoms with E-state index in [2.05, 4.69) is 10.2 Å². The van der Waals surface area contributed by atoms with Crippen LogP contribution in [0.2, 0.25) is 5.02 Å². The first-order valence-electron chi connectivity index (χ1n) is 12.0. The maximum Gasteiger partial charge on any atom is 0.246 e. The van der Waals surface area contributed by atoms with Crippen LogP contribution in [0.3, 0.4) is 0 Å². The van der Waals surface area contributed by atoms with Gasteiger partial charge in [0.2, 0.25) is 11.8 Å². The number of nitrogens with zero attached hydrogens (tertiary/aromatic N) is 2. The molecule has 2 aliphatic heterocycles. The normalized spacial score (nSPS) is 18.7. The van der Waals surface area contributed by atoms with Crippen LogP contribution < -0.4 is 5.32 Å². The van der Waals surface area contributed by atoms with Crippen molar-refractivity contribution in [3.05, 3.63) is 76.8 Å². The molecule has 2 aromatic carbocycles. The predicted molar refractivity (Wildman–Crippen MR) is 134 cm³/mol. The Bertz CT molecular complexity index is 984. The van der Waals surface area contributed by atoms with Gasteiger partial charge in [-0.05, 0) is 36.1 Å². The molecule has 2 aromatic rings. The summed E-state index contributed by atoms with van der Waals surface area (Å²) < 4.78 is 5.51. The van der Waals surface area contributed by atoms with Crippen LogP contribution in [0.1, 0.15) is 30.0 Å². The lowest BCUT2D eigenvalue weighted by atomic mass is 9.95. The number of benzene rings is 2. The molecule has 0 spiro atoms. The van der Waals surface area contributed by atoms with Crippen molar-refractivity contribution in [2.45, 2.75) is 18.9 Å². The molecular formula is C27H32ClN3O3. The minimum Gasteiger partial charge on any atom is -0.379 e. The van der Waals surface area contributed by atoms with Crippen LogP contribution in [0.15, 0.2) is 60.7 Å². The summed E-state index contributed by atoms with van der Waals surface area (Å²) in [6.07, 6.45) is 4.80. The van der Waals surface area contributed by atoms with Gasteiger partial charge in [0.15, 0.2) is 0 Å². The van der Waals surface area contributed by atoms with Gasteiger partial charge in [-0.2, -0.15) is 0 Å². The summed E-state index contributed by atoms with van der Waals surface area (Å²) in [7, 11) is 0. The van der Waals surface area contributed by atoms with Crippen LogP contribution in [-0.2, 0) is 14.3 Å². The lowest BCUT2D eigenvalue weighted by molar-refractivity contribution is -0.132. The molecule has 1 N–H and O–H groups in total. The Labute approximate surface area is 206 Å². The number of nitrogens with one attached hydrogen (secondary N) is 1. The second-order valence-corrected chi connectivity index (χ2v) is 9.18. The molecule has 7 heteroatoms. The number of morpholine rings is 1. The Morgan fingerprint density at radius 1 is 1.00 bits per heavy atom. The summed E-state index contributed by atoms with van der Waals surface area (Å²) in [6.45, 7) is 4.66. The number of carbonyl (C=O) groups excluding carboxylic acids is 2. The van der Waals surface area contributed by atoms with E-state index in [9.17, 15) is 9.59 Å². The molecule has 1 unspecified atom stereocenters. The fourth-order valence-corrected chi connectivity index (χ4v) is 4.87. The number of likely N-dealkylation sites (tertiary alicyclic amines) is 1. The van der Waals surface area contributed by atoms with Crippen LogP contribution in [0, 0.1) is 5.92 Å². The van der Waals surface area contributed by atoms with Gasteiger partial charge in [0, 0.05) is 49.7 Å². The number of ether oxygens (including phenoxy) is 1. The first kappa shape index (κ1) is 24.5. The van der Waals surface area contributed by atoms with Crippen LogP contribution in [0.5, 0.6) is 0 Å². The Kier molecular flexibility index (Phi) is 8.74. The van der Waals surface area contributed by atoms with E-state index in [1.165, 1.54) is 0 Å². The minimum atomic E-state index is -0.0845. The Balaban J connectivity index is 1.30. The Hall–Kier alpha value is -2.67. The zero-order valence-corrected chi connectivity index (χ0v) is 20.1. The van der Waals surface area contributed by atoms with Gasteiger partial charge in [0.25, 0.3) is 0 Å². The molecule has 2 amide bonds. The molecule has 0 radical (unpaired) electrons. The van der Waals surface area contributed by atoms with Crippen LogP contribution in [0.25, 0.3) is 6.08 Å². The molecule has 0 aromatic heterocycles. The lowest BCUT2D eigenvalue weighted by Gasteiger charge is -2.36. The fraction of sp³-hybridized carbons (Fsp3) is 0.407. The SMILES string of the molecule is O=C(NCC(c1ccccc1Cl)N1CCOCC1)C1CCN(C(=O)/C=C/c2ccccc2)CC1. The van der Waals surface area contributed by atoms with Crippen molar-refractivity contribution in [3.8, 4) is 0 Å². The highest BCUT2D eigenvalue weighted by Crippen LogP contribution is 2.28. The Morgan fingerprint density at radius 3 is 2.38 bits per heavy atom. The van der Waals surface area contributed by atoms with E-state index < -0.39 is 0 Å². The smallest absolute Gasteiger partial charge is 0.246 e. The van der Waals surface area contributed by atoms with E-state index in [-0.39, 0.29) is 23.8 Å². The summed E-state index contributed by atoms with van der Waals surface area (Å²) in [4.78, 5) is 29.7. The molecule has 1 atom stereocenters. The van der Waals surface area contributed by atoms with Crippen molar-refractivity contribution in [2.75, 3.05) is 45.9 Å². The number of halogens is 1. The molecule has 6 nitrogen and oxygen atoms in total. The molecule has 4 rings (SSSR count).